The first-order valence-corrected chi connectivity index (χ1v) is 6.88. The smallest absolute Gasteiger partial charge is 0.0133 e. The molecule has 0 aliphatic heterocycles. The van der Waals surface area contributed by atoms with Gasteiger partial charge in [0.1, 0.15) is 0 Å². The highest BCUT2D eigenvalue weighted by atomic mass is 14.3. The van der Waals surface area contributed by atoms with Gasteiger partial charge in [0.15, 0.2) is 0 Å². The van der Waals surface area contributed by atoms with Crippen LogP contribution >= 0.6 is 0 Å². The summed E-state index contributed by atoms with van der Waals surface area (Å²) in [5, 5.41) is 0. The Morgan fingerprint density at radius 3 is 1.76 bits per heavy atom. The Bertz CT molecular complexity index is 287. The molecule has 0 spiro atoms. The quantitative estimate of drug-likeness (QED) is 0.622. The molecule has 0 aromatic heterocycles. The molecule has 1 aromatic rings. The Morgan fingerprint density at radius 2 is 1.35 bits per heavy atom. The van der Waals surface area contributed by atoms with Gasteiger partial charge in [0.2, 0.25) is 0 Å². The van der Waals surface area contributed by atoms with Crippen molar-refractivity contribution in [3.05, 3.63) is 42.8 Å². The first-order chi connectivity index (χ1) is 8.00. The lowest BCUT2D eigenvalue weighted by Gasteiger charge is -2.27. The Kier molecular flexibility index (Phi) is 5.74. The maximum Gasteiger partial charge on any atom is -0.0133 e. The topological polar surface area (TPSA) is 0 Å². The van der Waals surface area contributed by atoms with Crippen LogP contribution in [-0.2, 0) is 0 Å². The van der Waals surface area contributed by atoms with Gasteiger partial charge in [-0.2, -0.15) is 0 Å². The molecule has 1 atom stereocenters. The molecule has 1 radical (unpaired) electrons. The van der Waals surface area contributed by atoms with E-state index in [9.17, 15) is 0 Å². The number of hydrogen-bond donors (Lipinski definition) is 0. The van der Waals surface area contributed by atoms with Crippen LogP contribution in [0.1, 0.15) is 52.0 Å². The fourth-order valence-corrected chi connectivity index (χ4v) is 2.61. The Hall–Kier alpha value is -0.780. The van der Waals surface area contributed by atoms with Gasteiger partial charge in [-0.1, -0.05) is 58.0 Å². The van der Waals surface area contributed by atoms with Crippen LogP contribution in [0.15, 0.2) is 30.3 Å². The highest BCUT2D eigenvalue weighted by Gasteiger charge is 2.21. The SMILES string of the molecule is [CH2]C(c1ccccc1)C(CC(C)C)CC(C)C. The summed E-state index contributed by atoms with van der Waals surface area (Å²) in [5.74, 6) is 2.65. The third-order valence-electron chi connectivity index (χ3n) is 3.35. The molecule has 1 rings (SSSR count). The lowest BCUT2D eigenvalue weighted by atomic mass is 9.78. The van der Waals surface area contributed by atoms with Gasteiger partial charge in [-0.15, -0.1) is 0 Å². The monoisotopic (exact) mass is 231 g/mol. The molecule has 0 bridgehead atoms. The average molecular weight is 231 g/mol. The summed E-state index contributed by atoms with van der Waals surface area (Å²) in [4.78, 5) is 0. The molecule has 0 saturated carbocycles. The largest absolute Gasteiger partial charge is 0.0628 e. The van der Waals surface area contributed by atoms with E-state index in [0.717, 1.165) is 11.8 Å². The highest BCUT2D eigenvalue weighted by Crippen LogP contribution is 2.33. The van der Waals surface area contributed by atoms with Gasteiger partial charge in [-0.3, -0.25) is 0 Å². The van der Waals surface area contributed by atoms with E-state index in [1.807, 2.05) is 0 Å². The summed E-state index contributed by atoms with van der Waals surface area (Å²) in [7, 11) is 0. The van der Waals surface area contributed by atoms with Gasteiger partial charge in [0.05, 0.1) is 0 Å². The van der Waals surface area contributed by atoms with E-state index in [1.54, 1.807) is 0 Å². The summed E-state index contributed by atoms with van der Waals surface area (Å²) in [6.45, 7) is 13.7. The van der Waals surface area contributed by atoms with Crippen molar-refractivity contribution in [2.24, 2.45) is 17.8 Å². The van der Waals surface area contributed by atoms with Gasteiger partial charge in [-0.25, -0.2) is 0 Å². The molecule has 0 aliphatic rings. The number of rotatable bonds is 6. The minimum atomic E-state index is 0.431. The van der Waals surface area contributed by atoms with E-state index in [4.69, 9.17) is 0 Å². The van der Waals surface area contributed by atoms with E-state index in [1.165, 1.54) is 18.4 Å². The number of benzene rings is 1. The molecular formula is C17H27. The fourth-order valence-electron chi connectivity index (χ4n) is 2.61. The molecule has 0 heteroatoms. The second-order valence-electron chi connectivity index (χ2n) is 6.04. The maximum atomic E-state index is 4.41. The third kappa shape index (κ3) is 4.93. The standard InChI is InChI=1S/C17H27/c1-13(2)11-17(12-14(3)4)15(5)16-9-7-6-8-10-16/h6-10,13-15,17H,5,11-12H2,1-4H3. The van der Waals surface area contributed by atoms with Gasteiger partial charge >= 0.3 is 0 Å². The zero-order valence-corrected chi connectivity index (χ0v) is 11.8. The van der Waals surface area contributed by atoms with Crippen molar-refractivity contribution in [2.45, 2.75) is 46.5 Å². The Labute approximate surface area is 107 Å². The van der Waals surface area contributed by atoms with Crippen LogP contribution in [0, 0.1) is 24.7 Å². The van der Waals surface area contributed by atoms with Crippen LogP contribution in [0.4, 0.5) is 0 Å². The van der Waals surface area contributed by atoms with Gasteiger partial charge in [-0.05, 0) is 49.0 Å². The van der Waals surface area contributed by atoms with E-state index < -0.39 is 0 Å². The summed E-state index contributed by atoms with van der Waals surface area (Å²) < 4.78 is 0. The van der Waals surface area contributed by atoms with Gasteiger partial charge in [0, 0.05) is 0 Å². The van der Waals surface area contributed by atoms with Crippen molar-refractivity contribution in [1.29, 1.82) is 0 Å². The Balaban J connectivity index is 2.75. The van der Waals surface area contributed by atoms with Crippen LogP contribution in [0.2, 0.25) is 0 Å². The highest BCUT2D eigenvalue weighted by molar-refractivity contribution is 5.21. The normalized spacial score (nSPS) is 13.6. The van der Waals surface area contributed by atoms with E-state index in [0.29, 0.717) is 11.8 Å². The molecular weight excluding hydrogens is 204 g/mol. The van der Waals surface area contributed by atoms with E-state index >= 15 is 0 Å². The second-order valence-corrected chi connectivity index (χ2v) is 6.04. The zero-order chi connectivity index (χ0) is 12.8. The fraction of sp³-hybridized carbons (Fsp3) is 0.588. The van der Waals surface area contributed by atoms with Crippen molar-refractivity contribution in [3.63, 3.8) is 0 Å². The zero-order valence-electron chi connectivity index (χ0n) is 11.8. The predicted octanol–water partition coefficient (Wildman–Crippen LogP) is 5.31. The first kappa shape index (κ1) is 14.3. The molecule has 17 heavy (non-hydrogen) atoms. The van der Waals surface area contributed by atoms with Crippen molar-refractivity contribution in [2.75, 3.05) is 0 Å². The average Bonchev–Trinajstić information content (AvgIpc) is 2.27. The van der Waals surface area contributed by atoms with Crippen LogP contribution in [0.5, 0.6) is 0 Å². The summed E-state index contributed by atoms with van der Waals surface area (Å²) in [6, 6.07) is 10.7. The van der Waals surface area contributed by atoms with Crippen LogP contribution in [0.25, 0.3) is 0 Å². The molecule has 1 unspecified atom stereocenters. The molecule has 1 aromatic carbocycles. The van der Waals surface area contributed by atoms with E-state index in [2.05, 4.69) is 65.0 Å². The lowest BCUT2D eigenvalue weighted by molar-refractivity contribution is 0.317. The molecule has 0 fully saturated rings. The van der Waals surface area contributed by atoms with Crippen LogP contribution in [-0.4, -0.2) is 0 Å². The lowest BCUT2D eigenvalue weighted by Crippen LogP contribution is -2.15. The molecule has 0 nitrogen and oxygen atoms in total. The van der Waals surface area contributed by atoms with Crippen molar-refractivity contribution in [3.8, 4) is 0 Å². The van der Waals surface area contributed by atoms with Gasteiger partial charge < -0.3 is 0 Å². The maximum absolute atomic E-state index is 4.41. The predicted molar refractivity (Wildman–Crippen MR) is 76.9 cm³/mol. The van der Waals surface area contributed by atoms with Crippen molar-refractivity contribution < 1.29 is 0 Å². The van der Waals surface area contributed by atoms with E-state index in [-0.39, 0.29) is 0 Å². The second kappa shape index (κ2) is 6.83. The third-order valence-corrected chi connectivity index (χ3v) is 3.35. The van der Waals surface area contributed by atoms with Crippen molar-refractivity contribution in [1.82, 2.24) is 0 Å². The summed E-state index contributed by atoms with van der Waals surface area (Å²) in [5.41, 5.74) is 1.39. The molecule has 0 heterocycles. The number of hydrogen-bond acceptors (Lipinski definition) is 0. The first-order valence-electron chi connectivity index (χ1n) is 6.88. The molecule has 0 aliphatic carbocycles. The Morgan fingerprint density at radius 1 is 0.882 bits per heavy atom. The van der Waals surface area contributed by atoms with Crippen LogP contribution < -0.4 is 0 Å². The van der Waals surface area contributed by atoms with Crippen molar-refractivity contribution >= 4 is 0 Å². The molecule has 0 saturated heterocycles. The molecule has 0 N–H and O–H groups in total. The molecule has 0 amide bonds. The van der Waals surface area contributed by atoms with Gasteiger partial charge in [0.25, 0.3) is 0 Å². The van der Waals surface area contributed by atoms with Crippen LogP contribution in [0.3, 0.4) is 0 Å². The minimum absolute atomic E-state index is 0.431. The molecule has 95 valence electrons. The minimum Gasteiger partial charge on any atom is -0.0628 e. The summed E-state index contributed by atoms with van der Waals surface area (Å²) in [6.07, 6.45) is 2.56. The summed E-state index contributed by atoms with van der Waals surface area (Å²) >= 11 is 0.